The van der Waals surface area contributed by atoms with Gasteiger partial charge in [-0.1, -0.05) is 13.8 Å². The average molecular weight is 484 g/mol. The molecule has 0 spiro atoms. The van der Waals surface area contributed by atoms with E-state index in [9.17, 15) is 34.4 Å². The van der Waals surface area contributed by atoms with Crippen molar-refractivity contribution in [3.63, 3.8) is 0 Å². The molecule has 0 fully saturated rings. The summed E-state index contributed by atoms with van der Waals surface area (Å²) in [5, 5.41) is 0. The van der Waals surface area contributed by atoms with Gasteiger partial charge in [0.15, 0.2) is 0 Å². The van der Waals surface area contributed by atoms with E-state index < -0.39 is 42.5 Å². The van der Waals surface area contributed by atoms with Gasteiger partial charge in [0.25, 0.3) is 10.0 Å². The zero-order chi connectivity index (χ0) is 23.6. The summed E-state index contributed by atoms with van der Waals surface area (Å²) in [7, 11) is -7.40. The molecule has 172 valence electrons. The number of hydrogen-bond acceptors (Lipinski definition) is 5. The summed E-state index contributed by atoms with van der Waals surface area (Å²) in [5.41, 5.74) is -2.06. The van der Waals surface area contributed by atoms with E-state index in [-0.39, 0.29) is 35.5 Å². The number of ether oxygens (including phenoxy) is 1. The van der Waals surface area contributed by atoms with E-state index in [1.54, 1.807) is 13.8 Å². The lowest BCUT2D eigenvalue weighted by molar-refractivity contribution is -0.140. The highest BCUT2D eigenvalue weighted by Crippen LogP contribution is 2.34. The van der Waals surface area contributed by atoms with Crippen molar-refractivity contribution in [2.24, 2.45) is 0 Å². The molecule has 0 aromatic heterocycles. The van der Waals surface area contributed by atoms with Crippen LogP contribution in [-0.2, 0) is 26.2 Å². The maximum atomic E-state index is 13.5. The standard InChI is InChI=1S/C18H20F4N2O5S2/c1-4-24(5-2)31(27,28)13-7-9-17(29-3)16(11-13)23-30(25,26)12-6-8-15(19)14(10-12)18(20,21)22/h6-11,23H,4-5H2,1-3H3. The summed E-state index contributed by atoms with van der Waals surface area (Å²) < 4.78 is 111. The predicted octanol–water partition coefficient (Wildman–Crippen LogP) is 3.68. The molecule has 0 aliphatic carbocycles. The minimum atomic E-state index is -5.11. The third-order valence-electron chi connectivity index (χ3n) is 4.31. The van der Waals surface area contributed by atoms with Crippen molar-refractivity contribution in [1.82, 2.24) is 4.31 Å². The second-order valence-corrected chi connectivity index (χ2v) is 9.82. The summed E-state index contributed by atoms with van der Waals surface area (Å²) in [5.74, 6) is -1.70. The largest absolute Gasteiger partial charge is 0.495 e. The minimum absolute atomic E-state index is 0.0692. The molecule has 0 radical (unpaired) electrons. The summed E-state index contributed by atoms with van der Waals surface area (Å²) in [6, 6.07) is 4.62. The van der Waals surface area contributed by atoms with Crippen molar-refractivity contribution in [3.05, 3.63) is 47.8 Å². The molecular weight excluding hydrogens is 464 g/mol. The second-order valence-electron chi connectivity index (χ2n) is 6.20. The van der Waals surface area contributed by atoms with E-state index in [0.717, 1.165) is 10.4 Å². The average Bonchev–Trinajstić information content (AvgIpc) is 2.67. The van der Waals surface area contributed by atoms with Crippen molar-refractivity contribution in [2.75, 3.05) is 24.9 Å². The number of hydrogen-bond donors (Lipinski definition) is 1. The molecule has 13 heteroatoms. The summed E-state index contributed by atoms with van der Waals surface area (Å²) >= 11 is 0. The first kappa shape index (κ1) is 24.9. The normalized spacial score (nSPS) is 12.8. The third kappa shape index (κ3) is 5.28. The van der Waals surface area contributed by atoms with Crippen LogP contribution in [0, 0.1) is 5.82 Å². The van der Waals surface area contributed by atoms with E-state index >= 15 is 0 Å². The number of alkyl halides is 3. The van der Waals surface area contributed by atoms with Crippen LogP contribution in [0.1, 0.15) is 19.4 Å². The number of sulfonamides is 2. The molecule has 0 aliphatic rings. The number of nitrogens with zero attached hydrogens (tertiary/aromatic N) is 1. The molecule has 7 nitrogen and oxygen atoms in total. The number of methoxy groups -OCH3 is 1. The molecule has 0 unspecified atom stereocenters. The first-order chi connectivity index (χ1) is 14.3. The Morgan fingerprint density at radius 3 is 2.06 bits per heavy atom. The van der Waals surface area contributed by atoms with Crippen molar-refractivity contribution < 1.29 is 39.1 Å². The lowest BCUT2D eigenvalue weighted by Crippen LogP contribution is -2.30. The van der Waals surface area contributed by atoms with Crippen LogP contribution in [0.15, 0.2) is 46.2 Å². The summed E-state index contributed by atoms with van der Waals surface area (Å²) in [6.45, 7) is 3.59. The lowest BCUT2D eigenvalue weighted by atomic mass is 10.2. The first-order valence-electron chi connectivity index (χ1n) is 8.85. The zero-order valence-corrected chi connectivity index (χ0v) is 18.3. The Kier molecular flexibility index (Phi) is 7.23. The van der Waals surface area contributed by atoms with Crippen molar-refractivity contribution in [2.45, 2.75) is 29.8 Å². The van der Waals surface area contributed by atoms with Crippen molar-refractivity contribution >= 4 is 25.7 Å². The maximum Gasteiger partial charge on any atom is 0.419 e. The molecular formula is C18H20F4N2O5S2. The second kappa shape index (κ2) is 9.01. The highest BCUT2D eigenvalue weighted by Gasteiger charge is 2.35. The monoisotopic (exact) mass is 484 g/mol. The number of nitrogens with one attached hydrogen (secondary N) is 1. The fourth-order valence-electron chi connectivity index (χ4n) is 2.73. The molecule has 0 atom stereocenters. The third-order valence-corrected chi connectivity index (χ3v) is 7.72. The molecule has 2 aromatic rings. The van der Waals surface area contributed by atoms with Crippen LogP contribution >= 0.6 is 0 Å². The molecule has 0 bridgehead atoms. The SMILES string of the molecule is CCN(CC)S(=O)(=O)c1ccc(OC)c(NS(=O)(=O)c2ccc(F)c(C(F)(F)F)c2)c1. The summed E-state index contributed by atoms with van der Waals surface area (Å²) in [4.78, 5) is -1.11. The van der Waals surface area contributed by atoms with Gasteiger partial charge in [-0.05, 0) is 36.4 Å². The quantitative estimate of drug-likeness (QED) is 0.577. The summed E-state index contributed by atoms with van der Waals surface area (Å²) in [6.07, 6.45) is -5.11. The maximum absolute atomic E-state index is 13.5. The van der Waals surface area contributed by atoms with Gasteiger partial charge in [0.1, 0.15) is 11.6 Å². The van der Waals surface area contributed by atoms with E-state index in [2.05, 4.69) is 0 Å². The fraction of sp³-hybridized carbons (Fsp3) is 0.333. The van der Waals surface area contributed by atoms with Crippen LogP contribution in [0.25, 0.3) is 0 Å². The van der Waals surface area contributed by atoms with Crippen molar-refractivity contribution in [3.8, 4) is 5.75 Å². The molecule has 0 heterocycles. The van der Waals surface area contributed by atoms with Gasteiger partial charge in [-0.2, -0.15) is 17.5 Å². The molecule has 0 amide bonds. The van der Waals surface area contributed by atoms with Crippen molar-refractivity contribution in [1.29, 1.82) is 0 Å². The van der Waals surface area contributed by atoms with Crippen LogP contribution in [0.5, 0.6) is 5.75 Å². The van der Waals surface area contributed by atoms with E-state index in [1.807, 2.05) is 4.72 Å². The Hall–Kier alpha value is -2.38. The number of rotatable bonds is 8. The molecule has 0 saturated carbocycles. The number of halogens is 4. The van der Waals surface area contributed by atoms with Crippen LogP contribution in [0.2, 0.25) is 0 Å². The van der Waals surface area contributed by atoms with Gasteiger partial charge in [-0.3, -0.25) is 4.72 Å². The van der Waals surface area contributed by atoms with Crippen LogP contribution < -0.4 is 9.46 Å². The number of benzene rings is 2. The Bertz CT molecular complexity index is 1160. The van der Waals surface area contributed by atoms with Crippen LogP contribution in [0.4, 0.5) is 23.2 Å². The topological polar surface area (TPSA) is 92.8 Å². The van der Waals surface area contributed by atoms with E-state index in [0.29, 0.717) is 12.1 Å². The van der Waals surface area contributed by atoms with E-state index in [1.165, 1.54) is 19.2 Å². The first-order valence-corrected chi connectivity index (χ1v) is 11.8. The smallest absolute Gasteiger partial charge is 0.419 e. The van der Waals surface area contributed by atoms with Gasteiger partial charge in [0.2, 0.25) is 10.0 Å². The lowest BCUT2D eigenvalue weighted by Gasteiger charge is -2.20. The van der Waals surface area contributed by atoms with Gasteiger partial charge < -0.3 is 4.74 Å². The van der Waals surface area contributed by atoms with Gasteiger partial charge in [0.05, 0.1) is 28.2 Å². The Labute approximate surface area is 177 Å². The molecule has 2 rings (SSSR count). The fourth-order valence-corrected chi connectivity index (χ4v) is 5.30. The molecule has 2 aromatic carbocycles. The minimum Gasteiger partial charge on any atom is -0.495 e. The number of anilines is 1. The predicted molar refractivity (Wildman–Crippen MR) is 105 cm³/mol. The highest BCUT2D eigenvalue weighted by atomic mass is 32.2. The van der Waals surface area contributed by atoms with Gasteiger partial charge in [-0.25, -0.2) is 21.2 Å². The zero-order valence-electron chi connectivity index (χ0n) is 16.7. The van der Waals surface area contributed by atoms with Gasteiger partial charge >= 0.3 is 6.18 Å². The molecule has 31 heavy (non-hydrogen) atoms. The Balaban J connectivity index is 2.55. The molecule has 1 N–H and O–H groups in total. The highest BCUT2D eigenvalue weighted by molar-refractivity contribution is 7.92. The molecule has 0 saturated heterocycles. The Morgan fingerprint density at radius 2 is 1.55 bits per heavy atom. The van der Waals surface area contributed by atoms with Crippen LogP contribution in [-0.4, -0.2) is 41.3 Å². The Morgan fingerprint density at radius 1 is 0.968 bits per heavy atom. The van der Waals surface area contributed by atoms with Gasteiger partial charge in [-0.15, -0.1) is 0 Å². The molecule has 0 aliphatic heterocycles. The van der Waals surface area contributed by atoms with Gasteiger partial charge in [0, 0.05) is 13.1 Å². The van der Waals surface area contributed by atoms with Crippen LogP contribution in [0.3, 0.4) is 0 Å². The van der Waals surface area contributed by atoms with E-state index in [4.69, 9.17) is 4.74 Å².